The van der Waals surface area contributed by atoms with Crippen molar-refractivity contribution >= 4 is 5.95 Å². The highest BCUT2D eigenvalue weighted by atomic mass is 16.1. The van der Waals surface area contributed by atoms with Crippen LogP contribution in [0.2, 0.25) is 0 Å². The fourth-order valence-corrected chi connectivity index (χ4v) is 0.409. The Morgan fingerprint density at radius 1 is 1.78 bits per heavy atom. The van der Waals surface area contributed by atoms with Gasteiger partial charge in [0.2, 0.25) is 5.95 Å². The largest absolute Gasteiger partial charge is 0.368 e. The van der Waals surface area contributed by atoms with Crippen LogP contribution in [0.1, 0.15) is 0 Å². The fourth-order valence-electron chi connectivity index (χ4n) is 0.409. The Hall–Kier alpha value is -1.39. The number of nitrogens with zero attached hydrogens (tertiary/aromatic N) is 3. The van der Waals surface area contributed by atoms with E-state index in [1.54, 1.807) is 7.05 Å². The fraction of sp³-hybridized carbons (Fsp3) is 0.250. The molecule has 9 heavy (non-hydrogen) atoms. The van der Waals surface area contributed by atoms with Gasteiger partial charge in [-0.15, -0.1) is 0 Å². The molecule has 0 atom stereocenters. The molecule has 0 aliphatic carbocycles. The number of nitrogen functional groups attached to an aromatic ring is 1. The normalized spacial score (nSPS) is 9.44. The second-order valence-electron chi connectivity index (χ2n) is 1.58. The van der Waals surface area contributed by atoms with Gasteiger partial charge < -0.3 is 5.73 Å². The first-order chi connectivity index (χ1) is 4.20. The van der Waals surface area contributed by atoms with Gasteiger partial charge in [0, 0.05) is 7.05 Å². The Balaban J connectivity index is 3.34. The third-order valence-corrected chi connectivity index (χ3v) is 0.898. The predicted molar refractivity (Wildman–Crippen MR) is 31.7 cm³/mol. The van der Waals surface area contributed by atoms with Crippen LogP contribution in [0.25, 0.3) is 0 Å². The molecule has 0 amide bonds. The summed E-state index contributed by atoms with van der Waals surface area (Å²) in [5.74, 6) is 0.127. The van der Waals surface area contributed by atoms with E-state index in [1.165, 1.54) is 4.68 Å². The van der Waals surface area contributed by atoms with E-state index in [4.69, 9.17) is 5.73 Å². The number of aryl methyl sites for hydroxylation is 1. The maximum Gasteiger partial charge on any atom is 0.293 e. The average Bonchev–Trinajstić information content (AvgIpc) is 1.80. The summed E-state index contributed by atoms with van der Waals surface area (Å²) in [7, 11) is 1.61. The Morgan fingerprint density at radius 3 is 2.89 bits per heavy atom. The number of nitrogens with two attached hydrogens (primary N) is 1. The van der Waals surface area contributed by atoms with Crippen LogP contribution in [0, 0.1) is 0 Å². The highest BCUT2D eigenvalue weighted by molar-refractivity contribution is 5.11. The van der Waals surface area contributed by atoms with Crippen molar-refractivity contribution in [3.63, 3.8) is 0 Å². The first-order valence-corrected chi connectivity index (χ1v) is 2.36. The summed E-state index contributed by atoms with van der Waals surface area (Å²) in [5.41, 5.74) is 4.80. The van der Waals surface area contributed by atoms with Crippen molar-refractivity contribution in [3.8, 4) is 0 Å². The highest BCUT2D eigenvalue weighted by Crippen LogP contribution is 1.81. The van der Waals surface area contributed by atoms with Crippen LogP contribution in [0.4, 0.5) is 5.95 Å². The van der Waals surface area contributed by atoms with Gasteiger partial charge in [0.1, 0.15) is 6.20 Å². The molecular weight excluding hydrogens is 120 g/mol. The van der Waals surface area contributed by atoms with Crippen molar-refractivity contribution in [3.05, 3.63) is 16.6 Å². The predicted octanol–water partition coefficient (Wildman–Crippen LogP) is -1.24. The van der Waals surface area contributed by atoms with Gasteiger partial charge >= 0.3 is 0 Å². The van der Waals surface area contributed by atoms with Crippen molar-refractivity contribution in [2.75, 3.05) is 5.73 Å². The summed E-state index contributed by atoms with van der Waals surface area (Å²) < 4.78 is 1.32. The van der Waals surface area contributed by atoms with Crippen LogP contribution in [0.5, 0.6) is 0 Å². The van der Waals surface area contributed by atoms with Crippen molar-refractivity contribution < 1.29 is 0 Å². The minimum absolute atomic E-state index is 0.127. The van der Waals surface area contributed by atoms with Crippen LogP contribution in [0.3, 0.4) is 0 Å². The third-order valence-electron chi connectivity index (χ3n) is 0.898. The second-order valence-corrected chi connectivity index (χ2v) is 1.58. The minimum atomic E-state index is -0.411. The van der Waals surface area contributed by atoms with E-state index >= 15 is 0 Å². The minimum Gasteiger partial charge on any atom is -0.368 e. The van der Waals surface area contributed by atoms with Crippen LogP contribution < -0.4 is 11.3 Å². The average molecular weight is 126 g/mol. The van der Waals surface area contributed by atoms with Gasteiger partial charge in [-0.25, -0.2) is 4.68 Å². The Labute approximate surface area is 51.1 Å². The van der Waals surface area contributed by atoms with Gasteiger partial charge in [0.25, 0.3) is 5.56 Å². The molecule has 2 N–H and O–H groups in total. The Bertz CT molecular complexity index is 266. The van der Waals surface area contributed by atoms with Crippen LogP contribution in [0.15, 0.2) is 11.0 Å². The maximum atomic E-state index is 10.4. The molecule has 0 aliphatic heterocycles. The van der Waals surface area contributed by atoms with E-state index in [-0.39, 0.29) is 5.95 Å². The Kier molecular flexibility index (Phi) is 1.18. The van der Waals surface area contributed by atoms with Crippen LogP contribution in [-0.2, 0) is 7.05 Å². The molecule has 1 heterocycles. The van der Waals surface area contributed by atoms with Gasteiger partial charge in [-0.05, 0) is 0 Å². The zero-order chi connectivity index (χ0) is 6.85. The molecule has 0 unspecified atom stereocenters. The molecule has 0 fully saturated rings. The SMILES string of the molecule is Cn1ncc(=O)nc1N. The number of aromatic nitrogens is 3. The molecule has 1 aromatic heterocycles. The molecule has 0 aromatic carbocycles. The molecule has 5 nitrogen and oxygen atoms in total. The molecule has 1 rings (SSSR count). The van der Waals surface area contributed by atoms with Crippen LogP contribution in [-0.4, -0.2) is 14.8 Å². The molecule has 0 radical (unpaired) electrons. The molecule has 5 heteroatoms. The first kappa shape index (κ1) is 5.74. The van der Waals surface area contributed by atoms with Crippen molar-refractivity contribution in [2.24, 2.45) is 7.05 Å². The van der Waals surface area contributed by atoms with Crippen molar-refractivity contribution in [1.82, 2.24) is 14.8 Å². The molecule has 0 saturated heterocycles. The van der Waals surface area contributed by atoms with E-state index in [0.717, 1.165) is 6.20 Å². The molecule has 1 aromatic rings. The van der Waals surface area contributed by atoms with E-state index in [9.17, 15) is 4.79 Å². The number of rotatable bonds is 0. The summed E-state index contributed by atoms with van der Waals surface area (Å²) in [6.07, 6.45) is 1.11. The lowest BCUT2D eigenvalue weighted by Crippen LogP contribution is -2.16. The standard InChI is InChI=1S/C4H6N4O/c1-8-4(5)7-3(9)2-6-8/h2H,1H3,(H2,5,7,9). The Morgan fingerprint density at radius 2 is 2.44 bits per heavy atom. The molecule has 0 aliphatic rings. The highest BCUT2D eigenvalue weighted by Gasteiger charge is 1.90. The molecular formula is C4H6N4O. The van der Waals surface area contributed by atoms with Gasteiger partial charge in [-0.2, -0.15) is 10.1 Å². The van der Waals surface area contributed by atoms with Gasteiger partial charge in [0.05, 0.1) is 0 Å². The topological polar surface area (TPSA) is 73.8 Å². The number of hydrogen-bond donors (Lipinski definition) is 1. The first-order valence-electron chi connectivity index (χ1n) is 2.36. The van der Waals surface area contributed by atoms with Crippen molar-refractivity contribution in [2.45, 2.75) is 0 Å². The lowest BCUT2D eigenvalue weighted by atomic mass is 10.8. The summed E-state index contributed by atoms with van der Waals surface area (Å²) in [4.78, 5) is 13.8. The lowest BCUT2D eigenvalue weighted by Gasteiger charge is -1.95. The summed E-state index contributed by atoms with van der Waals surface area (Å²) in [6.45, 7) is 0. The van der Waals surface area contributed by atoms with Gasteiger partial charge in [-0.3, -0.25) is 4.79 Å². The molecule has 0 bridgehead atoms. The maximum absolute atomic E-state index is 10.4. The zero-order valence-electron chi connectivity index (χ0n) is 4.90. The number of anilines is 1. The van der Waals surface area contributed by atoms with E-state index in [0.29, 0.717) is 0 Å². The smallest absolute Gasteiger partial charge is 0.293 e. The van der Waals surface area contributed by atoms with E-state index in [2.05, 4.69) is 10.1 Å². The molecule has 0 saturated carbocycles. The van der Waals surface area contributed by atoms with Gasteiger partial charge in [-0.1, -0.05) is 0 Å². The zero-order valence-corrected chi connectivity index (χ0v) is 4.90. The quantitative estimate of drug-likeness (QED) is 0.471. The molecule has 0 spiro atoms. The van der Waals surface area contributed by atoms with E-state index < -0.39 is 5.56 Å². The molecule has 48 valence electrons. The summed E-state index contributed by atoms with van der Waals surface area (Å²) in [6, 6.07) is 0. The number of hydrogen-bond acceptors (Lipinski definition) is 4. The van der Waals surface area contributed by atoms with Crippen LogP contribution >= 0.6 is 0 Å². The van der Waals surface area contributed by atoms with Gasteiger partial charge in [0.15, 0.2) is 0 Å². The summed E-state index contributed by atoms with van der Waals surface area (Å²) >= 11 is 0. The monoisotopic (exact) mass is 126 g/mol. The summed E-state index contributed by atoms with van der Waals surface area (Å²) in [5, 5.41) is 3.59. The third kappa shape index (κ3) is 1.04. The van der Waals surface area contributed by atoms with Crippen molar-refractivity contribution in [1.29, 1.82) is 0 Å². The second kappa shape index (κ2) is 1.85. The van der Waals surface area contributed by atoms with E-state index in [1.807, 2.05) is 0 Å². The lowest BCUT2D eigenvalue weighted by molar-refractivity contribution is 0.720.